The second-order valence-corrected chi connectivity index (χ2v) is 9.74. The van der Waals surface area contributed by atoms with E-state index in [1.165, 1.54) is 4.90 Å². The van der Waals surface area contributed by atoms with Crippen molar-refractivity contribution in [3.8, 4) is 0 Å². The molecule has 1 saturated heterocycles. The van der Waals surface area contributed by atoms with Gasteiger partial charge in [0.1, 0.15) is 0 Å². The summed E-state index contributed by atoms with van der Waals surface area (Å²) in [6.45, 7) is 0. The van der Waals surface area contributed by atoms with Crippen molar-refractivity contribution in [1.82, 2.24) is 0 Å². The summed E-state index contributed by atoms with van der Waals surface area (Å²) in [5.74, 6) is -1.76. The van der Waals surface area contributed by atoms with Crippen molar-refractivity contribution in [2.75, 3.05) is 19.1 Å². The van der Waals surface area contributed by atoms with E-state index >= 15 is 0 Å². The summed E-state index contributed by atoms with van der Waals surface area (Å²) >= 11 is 3.48. The van der Waals surface area contributed by atoms with Crippen molar-refractivity contribution < 1.29 is 19.1 Å². The Morgan fingerprint density at radius 2 is 1.45 bits per heavy atom. The number of halogens is 1. The zero-order valence-electron chi connectivity index (χ0n) is 18.2. The Balaban J connectivity index is 1.68. The monoisotopic (exact) mass is 503 g/mol. The zero-order chi connectivity index (χ0) is 22.9. The molecule has 4 aliphatic rings. The standard InChI is InChI=1S/C27H22BrNO4/c1-32-26(33-2)27-19-12-5-3-10-17(19)21(18-11-4-6-13-20(18)27)22-23(27)25(31)29(24(22)30)16-9-7-8-15(28)14-16/h3-14,21-23,26H,1-2H3/t21?,22-,23+,27?/m1/s1. The SMILES string of the molecule is COC(OC)C12c3ccccc3C(c3ccccc31)[C@H]1C(=O)N(c3cccc(Br)c3)C(=O)[C@H]12. The van der Waals surface area contributed by atoms with E-state index in [4.69, 9.17) is 9.47 Å². The van der Waals surface area contributed by atoms with Crippen LogP contribution in [0.25, 0.3) is 0 Å². The lowest BCUT2D eigenvalue weighted by atomic mass is 9.47. The molecule has 7 rings (SSSR count). The first-order chi connectivity index (χ1) is 16.1. The van der Waals surface area contributed by atoms with Crippen molar-refractivity contribution in [2.45, 2.75) is 17.6 Å². The van der Waals surface area contributed by atoms with E-state index in [0.29, 0.717) is 5.69 Å². The van der Waals surface area contributed by atoms with E-state index in [1.807, 2.05) is 42.5 Å². The molecule has 2 bridgehead atoms. The number of nitrogens with zero attached hydrogens (tertiary/aromatic N) is 1. The molecule has 0 saturated carbocycles. The van der Waals surface area contributed by atoms with Gasteiger partial charge in [-0.3, -0.25) is 9.59 Å². The van der Waals surface area contributed by atoms with Crippen LogP contribution in [0.5, 0.6) is 0 Å². The van der Waals surface area contributed by atoms with E-state index in [9.17, 15) is 9.59 Å². The first-order valence-electron chi connectivity index (χ1n) is 10.9. The maximum Gasteiger partial charge on any atom is 0.239 e. The molecular weight excluding hydrogens is 482 g/mol. The highest BCUT2D eigenvalue weighted by molar-refractivity contribution is 9.10. The molecule has 0 N–H and O–H groups in total. The van der Waals surface area contributed by atoms with Crippen molar-refractivity contribution in [3.63, 3.8) is 0 Å². The van der Waals surface area contributed by atoms with E-state index in [0.717, 1.165) is 26.7 Å². The van der Waals surface area contributed by atoms with Crippen LogP contribution < -0.4 is 4.90 Å². The first kappa shape index (κ1) is 20.8. The third kappa shape index (κ3) is 2.49. The van der Waals surface area contributed by atoms with E-state index < -0.39 is 23.5 Å². The van der Waals surface area contributed by atoms with Gasteiger partial charge in [0, 0.05) is 24.6 Å². The number of ether oxygens (including phenoxy) is 2. The molecule has 1 aliphatic heterocycles. The number of carbonyl (C=O) groups is 2. The summed E-state index contributed by atoms with van der Waals surface area (Å²) in [5, 5.41) is 0. The largest absolute Gasteiger partial charge is 0.355 e. The molecule has 33 heavy (non-hydrogen) atoms. The molecule has 0 spiro atoms. The molecule has 1 fully saturated rings. The van der Waals surface area contributed by atoms with Gasteiger partial charge in [-0.2, -0.15) is 0 Å². The van der Waals surface area contributed by atoms with Crippen LogP contribution >= 0.6 is 15.9 Å². The fraction of sp³-hybridized carbons (Fsp3) is 0.259. The number of imide groups is 1. The Hall–Kier alpha value is -2.80. The van der Waals surface area contributed by atoms with Gasteiger partial charge >= 0.3 is 0 Å². The minimum absolute atomic E-state index is 0.174. The van der Waals surface area contributed by atoms with Crippen molar-refractivity contribution in [1.29, 1.82) is 0 Å². The summed E-state index contributed by atoms with van der Waals surface area (Å²) in [7, 11) is 3.19. The average molecular weight is 504 g/mol. The Morgan fingerprint density at radius 3 is 2.03 bits per heavy atom. The van der Waals surface area contributed by atoms with Gasteiger partial charge in [0.15, 0.2) is 6.29 Å². The molecule has 5 nitrogen and oxygen atoms in total. The number of methoxy groups -OCH3 is 2. The molecule has 3 aromatic rings. The number of hydrogen-bond donors (Lipinski definition) is 0. The third-order valence-corrected chi connectivity index (χ3v) is 8.04. The maximum absolute atomic E-state index is 14.2. The van der Waals surface area contributed by atoms with Crippen LogP contribution in [0.1, 0.15) is 28.2 Å². The molecule has 1 heterocycles. The van der Waals surface area contributed by atoms with Crippen molar-refractivity contribution in [2.24, 2.45) is 11.8 Å². The van der Waals surface area contributed by atoms with Crippen molar-refractivity contribution in [3.05, 3.63) is 99.5 Å². The molecule has 2 amide bonds. The van der Waals surface area contributed by atoms with Gasteiger partial charge in [-0.25, -0.2) is 4.90 Å². The normalized spacial score (nSPS) is 27.0. The summed E-state index contributed by atoms with van der Waals surface area (Å²) < 4.78 is 12.6. The number of carbonyl (C=O) groups excluding carboxylic acids is 2. The summed E-state index contributed by atoms with van der Waals surface area (Å²) in [5.41, 5.74) is 3.76. The smallest absolute Gasteiger partial charge is 0.239 e. The molecule has 3 aromatic carbocycles. The molecule has 6 heteroatoms. The number of anilines is 1. The molecule has 2 atom stereocenters. The fourth-order valence-electron chi connectivity index (χ4n) is 6.57. The van der Waals surface area contributed by atoms with Gasteiger partial charge in [-0.15, -0.1) is 0 Å². The summed E-state index contributed by atoms with van der Waals surface area (Å²) in [4.78, 5) is 29.6. The van der Waals surface area contributed by atoms with Crippen LogP contribution in [0.4, 0.5) is 5.69 Å². The number of amides is 2. The van der Waals surface area contributed by atoms with Crippen LogP contribution in [-0.4, -0.2) is 32.3 Å². The molecule has 0 unspecified atom stereocenters. The number of rotatable bonds is 4. The van der Waals surface area contributed by atoms with Gasteiger partial charge < -0.3 is 9.47 Å². The van der Waals surface area contributed by atoms with Gasteiger partial charge in [0.25, 0.3) is 0 Å². The predicted molar refractivity (Wildman–Crippen MR) is 127 cm³/mol. The average Bonchev–Trinajstić information content (AvgIpc) is 3.11. The zero-order valence-corrected chi connectivity index (χ0v) is 19.8. The van der Waals surface area contributed by atoms with E-state index in [1.54, 1.807) is 20.3 Å². The second-order valence-electron chi connectivity index (χ2n) is 8.82. The Labute approximate surface area is 200 Å². The van der Waals surface area contributed by atoms with Gasteiger partial charge in [-0.1, -0.05) is 70.5 Å². The van der Waals surface area contributed by atoms with Gasteiger partial charge in [-0.05, 0) is 40.5 Å². The molecule has 0 radical (unpaired) electrons. The predicted octanol–water partition coefficient (Wildman–Crippen LogP) is 4.62. The quantitative estimate of drug-likeness (QED) is 0.385. The van der Waals surface area contributed by atoms with Crippen LogP contribution in [0.3, 0.4) is 0 Å². The molecule has 3 aliphatic carbocycles. The number of benzene rings is 3. The third-order valence-electron chi connectivity index (χ3n) is 7.55. The highest BCUT2D eigenvalue weighted by Crippen LogP contribution is 2.65. The Kier molecular flexibility index (Phi) is 4.63. The van der Waals surface area contributed by atoms with E-state index in [-0.39, 0.29) is 17.7 Å². The minimum atomic E-state index is -0.941. The van der Waals surface area contributed by atoms with E-state index in [2.05, 4.69) is 40.2 Å². The lowest BCUT2D eigenvalue weighted by Crippen LogP contribution is -2.60. The molecule has 0 aromatic heterocycles. The fourth-order valence-corrected chi connectivity index (χ4v) is 6.96. The van der Waals surface area contributed by atoms with Crippen molar-refractivity contribution >= 4 is 33.4 Å². The Morgan fingerprint density at radius 1 is 0.848 bits per heavy atom. The highest BCUT2D eigenvalue weighted by Gasteiger charge is 2.71. The topological polar surface area (TPSA) is 55.8 Å². The van der Waals surface area contributed by atoms with Gasteiger partial charge in [0.05, 0.1) is 22.9 Å². The Bertz CT molecular complexity index is 1250. The van der Waals surface area contributed by atoms with Crippen LogP contribution in [0.2, 0.25) is 0 Å². The molecular formula is C27H22BrNO4. The maximum atomic E-state index is 14.2. The lowest BCUT2D eigenvalue weighted by molar-refractivity contribution is -0.168. The number of hydrogen-bond acceptors (Lipinski definition) is 4. The van der Waals surface area contributed by atoms with Crippen LogP contribution in [0.15, 0.2) is 77.3 Å². The molecule has 166 valence electrons. The summed E-state index contributed by atoms with van der Waals surface area (Å²) in [6.07, 6.45) is -0.743. The first-order valence-corrected chi connectivity index (χ1v) is 11.7. The van der Waals surface area contributed by atoms with Gasteiger partial charge in [0.2, 0.25) is 11.8 Å². The summed E-state index contributed by atoms with van der Waals surface area (Å²) in [6, 6.07) is 23.5. The highest BCUT2D eigenvalue weighted by atomic mass is 79.9. The minimum Gasteiger partial charge on any atom is -0.355 e. The lowest BCUT2D eigenvalue weighted by Gasteiger charge is -2.56. The van der Waals surface area contributed by atoms with Crippen LogP contribution in [-0.2, 0) is 24.5 Å². The second kappa shape index (κ2) is 7.35. The van der Waals surface area contributed by atoms with Crippen LogP contribution in [0, 0.1) is 11.8 Å².